The van der Waals surface area contributed by atoms with Crippen LogP contribution in [-0.4, -0.2) is 68.7 Å². The van der Waals surface area contributed by atoms with Crippen molar-refractivity contribution in [3.05, 3.63) is 18.7 Å². The van der Waals surface area contributed by atoms with Crippen LogP contribution in [0.5, 0.6) is 0 Å². The molecule has 0 bridgehead atoms. The second-order valence-electron chi connectivity index (χ2n) is 4.12. The smallest absolute Gasteiger partial charge is 0.366 e. The number of hydrogen-bond donors (Lipinski definition) is 11. The summed E-state index contributed by atoms with van der Waals surface area (Å²) in [6.07, 6.45) is 3.51. The van der Waals surface area contributed by atoms with Crippen molar-refractivity contribution in [1.82, 2.24) is 9.55 Å². The highest BCUT2D eigenvalue weighted by Crippen LogP contribution is 2.67. The first-order chi connectivity index (χ1) is 11.1. The molecule has 1 rings (SSSR count). The molecule has 1 aromatic heterocycles. The van der Waals surface area contributed by atoms with Gasteiger partial charge in [0.05, 0.1) is 12.9 Å². The predicted octanol–water partition coefficient (Wildman–Crippen LogP) is -2.97. The van der Waals surface area contributed by atoms with Crippen molar-refractivity contribution in [1.29, 1.82) is 0 Å². The van der Waals surface area contributed by atoms with E-state index in [9.17, 15) is 14.2 Å². The number of aromatic nitrogens is 2. The lowest BCUT2D eigenvalue weighted by Crippen LogP contribution is -2.33. The van der Waals surface area contributed by atoms with Gasteiger partial charge in [-0.15, -0.1) is 0 Å². The summed E-state index contributed by atoms with van der Waals surface area (Å²) in [6.45, 7) is -0.957. The molecule has 0 aliphatic heterocycles. The Kier molecular flexibility index (Phi) is 10.5. The maximum atomic E-state index is 10.9. The topological polar surface area (TPSA) is 309 Å². The molecule has 17 nitrogen and oxygen atoms in total. The number of aliphatic hydroxyl groups is 1. The van der Waals surface area contributed by atoms with Crippen molar-refractivity contribution in [2.75, 3.05) is 0 Å². The first-order valence-corrected chi connectivity index (χ1v) is 11.8. The Morgan fingerprint density at radius 1 is 0.769 bits per heavy atom. The molecular formula is C5H16N2O15P4. The zero-order valence-electron chi connectivity index (χ0n) is 12.2. The van der Waals surface area contributed by atoms with E-state index in [1.807, 2.05) is 0 Å². The number of hydrogen-bond acceptors (Lipinski definition) is 6. The fourth-order valence-corrected chi connectivity index (χ4v) is 3.03. The van der Waals surface area contributed by atoms with Crippen LogP contribution in [0.15, 0.2) is 18.7 Å². The second kappa shape index (κ2) is 9.75. The summed E-state index contributed by atoms with van der Waals surface area (Å²) in [5, 5.41) is 6.04. The van der Waals surface area contributed by atoms with Crippen molar-refractivity contribution in [3.63, 3.8) is 0 Å². The molecule has 11 N–H and O–H groups in total. The summed E-state index contributed by atoms with van der Waals surface area (Å²) >= 11 is 0. The second-order valence-corrected chi connectivity index (χ2v) is 10.2. The molecule has 0 amide bonds. The van der Waals surface area contributed by atoms with Crippen molar-refractivity contribution < 1.29 is 72.3 Å². The molecule has 0 aromatic carbocycles. The molecule has 0 fully saturated rings. The molecule has 0 aliphatic carbocycles. The van der Waals surface area contributed by atoms with Gasteiger partial charge in [0.2, 0.25) is 0 Å². The quantitative estimate of drug-likeness (QED) is 0.196. The molecule has 0 unspecified atom stereocenters. The fourth-order valence-electron chi connectivity index (χ4n) is 0.979. The first kappa shape index (κ1) is 27.9. The zero-order chi connectivity index (χ0) is 21.6. The van der Waals surface area contributed by atoms with Gasteiger partial charge in [-0.1, -0.05) is 0 Å². The Bertz CT molecular complexity index is 663. The zero-order valence-corrected chi connectivity index (χ0v) is 15.8. The summed E-state index contributed by atoms with van der Waals surface area (Å²) < 4.78 is 40.6. The van der Waals surface area contributed by atoms with Crippen LogP contribution in [0.25, 0.3) is 0 Å². The fraction of sp³-hybridized carbons (Fsp3) is 0.400. The normalized spacial score (nSPS) is 13.2. The summed E-state index contributed by atoms with van der Waals surface area (Å²) in [5.74, 6) is 0. The molecule has 0 atom stereocenters. The molecule has 1 aromatic rings. The Labute approximate surface area is 144 Å². The Morgan fingerprint density at radius 2 is 1.08 bits per heavy atom. The molecule has 26 heavy (non-hydrogen) atoms. The van der Waals surface area contributed by atoms with Crippen molar-refractivity contribution in [3.8, 4) is 0 Å². The number of phosphoric acid groups is 2. The highest BCUT2D eigenvalue weighted by Gasteiger charge is 2.59. The lowest BCUT2D eigenvalue weighted by atomic mass is 10.6. The third kappa shape index (κ3) is 13.8. The van der Waals surface area contributed by atoms with Crippen LogP contribution >= 0.6 is 30.8 Å². The van der Waals surface area contributed by atoms with Gasteiger partial charge in [-0.3, -0.25) is 9.13 Å². The van der Waals surface area contributed by atoms with E-state index in [-0.39, 0.29) is 0 Å². The van der Waals surface area contributed by atoms with E-state index >= 15 is 0 Å². The Hall–Kier alpha value is -0.310. The molecule has 156 valence electrons. The number of imidazole rings is 1. The van der Waals surface area contributed by atoms with Crippen LogP contribution < -0.4 is 0 Å². The third-order valence-electron chi connectivity index (χ3n) is 1.89. The molecule has 0 saturated heterocycles. The van der Waals surface area contributed by atoms with Crippen molar-refractivity contribution in [2.24, 2.45) is 0 Å². The average molecular weight is 468 g/mol. The molecule has 0 spiro atoms. The van der Waals surface area contributed by atoms with Crippen molar-refractivity contribution in [2.45, 2.75) is 11.6 Å². The molecule has 0 aliphatic rings. The lowest BCUT2D eigenvalue weighted by molar-refractivity contribution is 0.115. The van der Waals surface area contributed by atoms with Crippen LogP contribution in [0, 0.1) is 0 Å². The van der Waals surface area contributed by atoms with Gasteiger partial charge < -0.3 is 58.6 Å². The van der Waals surface area contributed by atoms with Gasteiger partial charge in [-0.25, -0.2) is 14.1 Å². The van der Waals surface area contributed by atoms with E-state index in [1.165, 1.54) is 12.4 Å². The largest absolute Gasteiger partial charge is 0.466 e. The van der Waals surface area contributed by atoms with Gasteiger partial charge in [-0.05, 0) is 0 Å². The van der Waals surface area contributed by atoms with Gasteiger partial charge in [0.15, 0.2) is 0 Å². The van der Waals surface area contributed by atoms with Gasteiger partial charge in [-0.2, -0.15) is 0 Å². The number of rotatable bonds is 4. The predicted molar refractivity (Wildman–Crippen MR) is 79.8 cm³/mol. The van der Waals surface area contributed by atoms with Gasteiger partial charge in [0.1, 0.15) is 0 Å². The van der Waals surface area contributed by atoms with Crippen LogP contribution in [0.1, 0.15) is 0 Å². The van der Waals surface area contributed by atoms with E-state index in [4.69, 9.17) is 58.1 Å². The van der Waals surface area contributed by atoms with E-state index in [0.29, 0.717) is 0 Å². The van der Waals surface area contributed by atoms with Gasteiger partial charge >= 0.3 is 30.8 Å². The molecular weight excluding hydrogens is 452 g/mol. The lowest BCUT2D eigenvalue weighted by Gasteiger charge is -2.29. The Balaban J connectivity index is 0. The summed E-state index contributed by atoms with van der Waals surface area (Å²) in [6, 6.07) is 0. The minimum Gasteiger partial charge on any atom is -0.366 e. The maximum absolute atomic E-state index is 10.9. The summed E-state index contributed by atoms with van der Waals surface area (Å²) in [7, 11) is -20.1. The SMILES string of the molecule is O=P(O)(O)C(O)(Cn1ccnc1)P(=O)(O)O.O=P(O)(O)O.O=P(O)(O)O. The molecule has 0 saturated carbocycles. The third-order valence-corrected chi connectivity index (χ3v) is 5.60. The minimum absolute atomic E-state index is 0.957. The van der Waals surface area contributed by atoms with E-state index < -0.39 is 42.5 Å². The summed E-state index contributed by atoms with van der Waals surface area (Å²) in [4.78, 5) is 81.9. The van der Waals surface area contributed by atoms with E-state index in [2.05, 4.69) is 4.98 Å². The minimum atomic E-state index is -5.41. The van der Waals surface area contributed by atoms with Crippen LogP contribution in [0.4, 0.5) is 0 Å². The molecule has 21 heteroatoms. The first-order valence-electron chi connectivity index (χ1n) is 5.44. The maximum Gasteiger partial charge on any atom is 0.466 e. The molecule has 0 radical (unpaired) electrons. The van der Waals surface area contributed by atoms with Crippen LogP contribution in [0.2, 0.25) is 0 Å². The van der Waals surface area contributed by atoms with Gasteiger partial charge in [0, 0.05) is 12.4 Å². The van der Waals surface area contributed by atoms with E-state index in [0.717, 1.165) is 10.9 Å². The average Bonchev–Trinajstić information content (AvgIpc) is 2.73. The standard InChI is InChI=1S/C5H10N2O7P2.2H3O4P/c8-5(15(9,10)11,16(12,13)14)3-7-2-1-6-4-7;2*1-5(2,3)4/h1-2,4,8H,3H2,(H2,9,10,11)(H2,12,13,14);2*(H3,1,2,3,4). The van der Waals surface area contributed by atoms with E-state index in [1.54, 1.807) is 0 Å². The monoisotopic (exact) mass is 468 g/mol. The highest BCUT2D eigenvalue weighted by molar-refractivity contribution is 7.72. The van der Waals surface area contributed by atoms with Crippen molar-refractivity contribution >= 4 is 30.8 Å². The molecule has 1 heterocycles. The van der Waals surface area contributed by atoms with Crippen LogP contribution in [-0.2, 0) is 24.8 Å². The highest BCUT2D eigenvalue weighted by atomic mass is 31.2. The Morgan fingerprint density at radius 3 is 1.27 bits per heavy atom. The number of nitrogens with zero attached hydrogens (tertiary/aromatic N) is 2. The van der Waals surface area contributed by atoms with Gasteiger partial charge in [0.25, 0.3) is 5.08 Å². The summed E-state index contributed by atoms with van der Waals surface area (Å²) in [5.41, 5.74) is 0. The van der Waals surface area contributed by atoms with Crippen LogP contribution in [0.3, 0.4) is 0 Å².